The van der Waals surface area contributed by atoms with Crippen LogP contribution in [0.3, 0.4) is 0 Å². The van der Waals surface area contributed by atoms with Crippen molar-refractivity contribution in [1.29, 1.82) is 0 Å². The Morgan fingerprint density at radius 3 is 2.08 bits per heavy atom. The molecule has 7 nitrogen and oxygen atoms in total. The maximum atomic E-state index is 4.52. The second-order valence-electron chi connectivity index (χ2n) is 8.37. The van der Waals surface area contributed by atoms with E-state index in [1.54, 1.807) is 0 Å². The van der Waals surface area contributed by atoms with Crippen LogP contribution in [0.4, 0.5) is 28.4 Å². The molecule has 4 rings (SSSR count). The molecule has 0 N–H and O–H groups in total. The number of anilines is 1. The highest BCUT2D eigenvalue weighted by Gasteiger charge is 2.02. The molecule has 3 aromatic carbocycles. The quantitative estimate of drug-likeness (QED) is 0.225. The van der Waals surface area contributed by atoms with Gasteiger partial charge in [-0.3, -0.25) is 9.98 Å². The molecule has 3 aromatic rings. The van der Waals surface area contributed by atoms with E-state index in [-0.39, 0.29) is 0 Å². The lowest BCUT2D eigenvalue weighted by molar-refractivity contribution is 0.866. The van der Waals surface area contributed by atoms with Crippen molar-refractivity contribution in [2.75, 3.05) is 24.5 Å². The van der Waals surface area contributed by atoms with Crippen molar-refractivity contribution >= 4 is 40.9 Å². The average molecular weight is 478 g/mol. The molecule has 36 heavy (non-hydrogen) atoms. The van der Waals surface area contributed by atoms with E-state index in [0.29, 0.717) is 0 Å². The fourth-order valence-electron chi connectivity index (χ4n) is 3.73. The summed E-state index contributed by atoms with van der Waals surface area (Å²) in [6, 6.07) is 21.8. The smallest absolute Gasteiger partial charge is 0.0887 e. The third kappa shape index (κ3) is 6.88. The van der Waals surface area contributed by atoms with Crippen LogP contribution in [0.15, 0.2) is 109 Å². The molecule has 0 unspecified atom stereocenters. The second kappa shape index (κ2) is 12.4. The van der Waals surface area contributed by atoms with Gasteiger partial charge in [-0.25, -0.2) is 0 Å². The van der Waals surface area contributed by atoms with E-state index in [4.69, 9.17) is 0 Å². The summed E-state index contributed by atoms with van der Waals surface area (Å²) < 4.78 is 0. The molecule has 0 saturated heterocycles. The normalized spacial score (nSPS) is 13.7. The fraction of sp³-hybridized carbons (Fsp3) is 0.241. The molecule has 0 aliphatic carbocycles. The third-order valence-corrected chi connectivity index (χ3v) is 5.85. The number of hydrogen-bond donors (Lipinski definition) is 0. The van der Waals surface area contributed by atoms with Gasteiger partial charge < -0.3 is 4.90 Å². The van der Waals surface area contributed by atoms with Gasteiger partial charge in [0.2, 0.25) is 0 Å². The first-order valence-electron chi connectivity index (χ1n) is 12.3. The van der Waals surface area contributed by atoms with Gasteiger partial charge in [-0.1, -0.05) is 12.1 Å². The van der Waals surface area contributed by atoms with Crippen LogP contribution in [0.25, 0.3) is 0 Å². The number of allylic oxidation sites excluding steroid dienone is 1. The molecule has 0 amide bonds. The topological polar surface area (TPSA) is 77.4 Å². The molecule has 0 bridgehead atoms. The van der Waals surface area contributed by atoms with Crippen LogP contribution in [-0.4, -0.2) is 32.1 Å². The van der Waals surface area contributed by atoms with Gasteiger partial charge in [0.15, 0.2) is 0 Å². The Morgan fingerprint density at radius 2 is 1.44 bits per heavy atom. The number of azo groups is 2. The van der Waals surface area contributed by atoms with E-state index in [2.05, 4.69) is 61.3 Å². The Kier molecular flexibility index (Phi) is 8.59. The average Bonchev–Trinajstić information content (AvgIpc) is 2.93. The Labute approximate surface area is 212 Å². The lowest BCUT2D eigenvalue weighted by Gasteiger charge is -2.20. The summed E-state index contributed by atoms with van der Waals surface area (Å²) in [5, 5.41) is 17.6. The number of aliphatic imine (C=N–C) groups is 2. The molecule has 0 radical (unpaired) electrons. The SMILES string of the molecule is CCN(CC)c1ccc(/N=N/c2ccc(N=Nc3ccc(C=NC4=CC=NCC4)cc3)c(C)c2)cc1. The molecule has 1 aliphatic heterocycles. The summed E-state index contributed by atoms with van der Waals surface area (Å²) in [4.78, 5) is 11.0. The number of rotatable bonds is 9. The summed E-state index contributed by atoms with van der Waals surface area (Å²) in [7, 11) is 0. The fourth-order valence-corrected chi connectivity index (χ4v) is 3.73. The molecule has 7 heteroatoms. The first-order chi connectivity index (χ1) is 17.6. The highest BCUT2D eigenvalue weighted by atomic mass is 15.1. The third-order valence-electron chi connectivity index (χ3n) is 5.85. The molecule has 0 spiro atoms. The van der Waals surface area contributed by atoms with Crippen LogP contribution < -0.4 is 4.90 Å². The number of benzene rings is 3. The number of nitrogens with zero attached hydrogens (tertiary/aromatic N) is 7. The summed E-state index contributed by atoms with van der Waals surface area (Å²) in [5.74, 6) is 0. The maximum absolute atomic E-state index is 4.52. The molecule has 0 atom stereocenters. The van der Waals surface area contributed by atoms with Crippen molar-refractivity contribution in [3.05, 3.63) is 89.6 Å². The van der Waals surface area contributed by atoms with Crippen molar-refractivity contribution in [1.82, 2.24) is 0 Å². The minimum Gasteiger partial charge on any atom is -0.372 e. The minimum absolute atomic E-state index is 0.780. The molecular formula is C29H31N7. The zero-order valence-corrected chi connectivity index (χ0v) is 21.0. The first kappa shape index (κ1) is 24.9. The van der Waals surface area contributed by atoms with Crippen molar-refractivity contribution in [2.45, 2.75) is 27.2 Å². The largest absolute Gasteiger partial charge is 0.372 e. The van der Waals surface area contributed by atoms with E-state index >= 15 is 0 Å². The van der Waals surface area contributed by atoms with Gasteiger partial charge in [0.25, 0.3) is 0 Å². The monoisotopic (exact) mass is 477 g/mol. The van der Waals surface area contributed by atoms with E-state index in [1.165, 1.54) is 5.69 Å². The summed E-state index contributed by atoms with van der Waals surface area (Å²) >= 11 is 0. The molecule has 1 heterocycles. The number of aryl methyl sites for hydroxylation is 1. The van der Waals surface area contributed by atoms with Crippen molar-refractivity contribution in [3.63, 3.8) is 0 Å². The van der Waals surface area contributed by atoms with Gasteiger partial charge >= 0.3 is 0 Å². The van der Waals surface area contributed by atoms with Gasteiger partial charge in [-0.2, -0.15) is 20.5 Å². The van der Waals surface area contributed by atoms with Gasteiger partial charge in [0, 0.05) is 49.9 Å². The van der Waals surface area contributed by atoms with E-state index < -0.39 is 0 Å². The van der Waals surface area contributed by atoms with Crippen molar-refractivity contribution < 1.29 is 0 Å². The zero-order valence-electron chi connectivity index (χ0n) is 21.0. The lowest BCUT2D eigenvalue weighted by Crippen LogP contribution is -2.21. The highest BCUT2D eigenvalue weighted by molar-refractivity contribution is 5.82. The standard InChI is InChI=1S/C29H31N7/c1-4-36(5-2)28-13-10-26(11-14-28)32-34-27-12-15-29(22(3)20-27)35-33-25-8-6-23(7-9-25)21-31-24-16-18-30-19-17-24/h6-16,18,20-21H,4-5,17,19H2,1-3H3/b31-21?,34-32+,35-33?. The molecule has 1 aliphatic rings. The highest BCUT2D eigenvalue weighted by Crippen LogP contribution is 2.28. The van der Waals surface area contributed by atoms with Gasteiger partial charge in [-0.15, -0.1) is 0 Å². The van der Waals surface area contributed by atoms with Crippen LogP contribution in [-0.2, 0) is 0 Å². The summed E-state index contributed by atoms with van der Waals surface area (Å²) in [6.07, 6.45) is 6.50. The maximum Gasteiger partial charge on any atom is 0.0887 e. The predicted octanol–water partition coefficient (Wildman–Crippen LogP) is 8.45. The predicted molar refractivity (Wildman–Crippen MR) is 150 cm³/mol. The van der Waals surface area contributed by atoms with Crippen molar-refractivity contribution in [3.8, 4) is 0 Å². The van der Waals surface area contributed by atoms with Crippen LogP contribution >= 0.6 is 0 Å². The van der Waals surface area contributed by atoms with E-state index in [0.717, 1.165) is 65.6 Å². The van der Waals surface area contributed by atoms with Crippen LogP contribution in [0, 0.1) is 6.92 Å². The molecule has 0 aromatic heterocycles. The minimum atomic E-state index is 0.780. The van der Waals surface area contributed by atoms with Crippen molar-refractivity contribution in [2.24, 2.45) is 30.4 Å². The summed E-state index contributed by atoms with van der Waals surface area (Å²) in [6.45, 7) is 9.07. The van der Waals surface area contributed by atoms with E-state index in [9.17, 15) is 0 Å². The van der Waals surface area contributed by atoms with E-state index in [1.807, 2.05) is 80.0 Å². The molecule has 0 saturated carbocycles. The van der Waals surface area contributed by atoms with Crippen LogP contribution in [0.1, 0.15) is 31.4 Å². The second-order valence-corrected chi connectivity index (χ2v) is 8.37. The Balaban J connectivity index is 1.37. The van der Waals surface area contributed by atoms with Gasteiger partial charge in [0.05, 0.1) is 22.7 Å². The Morgan fingerprint density at radius 1 is 0.806 bits per heavy atom. The summed E-state index contributed by atoms with van der Waals surface area (Å²) in [5.41, 5.74) is 7.43. The van der Waals surface area contributed by atoms with Gasteiger partial charge in [-0.05, 0) is 92.6 Å². The number of dihydropyridines is 1. The van der Waals surface area contributed by atoms with Crippen LogP contribution in [0.5, 0.6) is 0 Å². The zero-order chi connectivity index (χ0) is 25.2. The Hall–Kier alpha value is -4.26. The molecular weight excluding hydrogens is 446 g/mol. The number of hydrogen-bond acceptors (Lipinski definition) is 7. The van der Waals surface area contributed by atoms with Gasteiger partial charge in [0.1, 0.15) is 0 Å². The molecule has 0 fully saturated rings. The first-order valence-corrected chi connectivity index (χ1v) is 12.3. The Bertz CT molecular complexity index is 1300. The molecule has 182 valence electrons. The lowest BCUT2D eigenvalue weighted by atomic mass is 10.2. The van der Waals surface area contributed by atoms with Crippen LogP contribution in [0.2, 0.25) is 0 Å².